The summed E-state index contributed by atoms with van der Waals surface area (Å²) < 4.78 is 42.8. The first-order valence-corrected chi connectivity index (χ1v) is 13.5. The van der Waals surface area contributed by atoms with E-state index in [9.17, 15) is 0 Å². The van der Waals surface area contributed by atoms with Crippen LogP contribution >= 0.6 is 0 Å². The molecule has 0 radical (unpaired) electrons. The van der Waals surface area contributed by atoms with Crippen molar-refractivity contribution >= 4 is 22.8 Å². The lowest BCUT2D eigenvalue weighted by atomic mass is 9.92. The smallest absolute Gasteiger partial charge is 0.229 e. The number of nitrogens with zero attached hydrogens (tertiary/aromatic N) is 6. The quantitative estimate of drug-likeness (QED) is 0.307. The molecule has 0 amide bonds. The summed E-state index contributed by atoms with van der Waals surface area (Å²) in [5.74, 6) is -0.849. The molecule has 6 rings (SSSR count). The predicted octanol–water partition coefficient (Wildman–Crippen LogP) is 4.01. The molecule has 0 saturated carbocycles. The third kappa shape index (κ3) is 5.31. The molecule has 3 unspecified atom stereocenters. The predicted molar refractivity (Wildman–Crippen MR) is 149 cm³/mol. The number of pyridine rings is 1. The summed E-state index contributed by atoms with van der Waals surface area (Å²) in [5.41, 5.74) is 9.23. The molecule has 2 fully saturated rings. The first-order valence-electron chi connectivity index (χ1n) is 13.5. The Kier molecular flexibility index (Phi) is 7.49. The largest absolute Gasteiger partial charge is 0.380 e. The Hall–Kier alpha value is -4.18. The van der Waals surface area contributed by atoms with Crippen LogP contribution in [0.3, 0.4) is 0 Å². The van der Waals surface area contributed by atoms with Crippen molar-refractivity contribution in [1.29, 1.82) is 5.26 Å². The van der Waals surface area contributed by atoms with Crippen molar-refractivity contribution in [3.8, 4) is 17.3 Å². The van der Waals surface area contributed by atoms with Gasteiger partial charge in [-0.05, 0) is 35.9 Å². The number of rotatable bonds is 8. The summed E-state index contributed by atoms with van der Waals surface area (Å²) >= 11 is 0. The third-order valence-corrected chi connectivity index (χ3v) is 7.65. The average molecular weight is 561 g/mol. The van der Waals surface area contributed by atoms with E-state index in [4.69, 9.17) is 20.5 Å². The highest BCUT2D eigenvalue weighted by molar-refractivity contribution is 5.74. The summed E-state index contributed by atoms with van der Waals surface area (Å²) in [6.45, 7) is 4.60. The minimum atomic E-state index is -0.673. The van der Waals surface area contributed by atoms with Crippen LogP contribution in [-0.2, 0) is 9.47 Å². The molecule has 0 aliphatic carbocycles. The molecular weight excluding hydrogens is 530 g/mol. The number of nitriles is 1. The number of ether oxygens (including phenoxy) is 2. The van der Waals surface area contributed by atoms with E-state index in [0.29, 0.717) is 62.0 Å². The monoisotopic (exact) mass is 560 g/mol. The van der Waals surface area contributed by atoms with Crippen LogP contribution in [-0.4, -0.2) is 64.6 Å². The summed E-state index contributed by atoms with van der Waals surface area (Å²) in [6.07, 6.45) is 5.20. The van der Waals surface area contributed by atoms with Crippen LogP contribution in [0, 0.1) is 28.9 Å². The number of fused-ring (bicyclic) bond motifs is 1. The molecule has 4 aromatic rings. The molecule has 2 saturated heterocycles. The molecule has 3 N–H and O–H groups in total. The number of hydrogen-bond acceptors (Lipinski definition) is 9. The van der Waals surface area contributed by atoms with Gasteiger partial charge in [0, 0.05) is 37.2 Å². The van der Waals surface area contributed by atoms with Crippen LogP contribution in [0.4, 0.5) is 26.1 Å². The lowest BCUT2D eigenvalue weighted by Gasteiger charge is -2.42. The Morgan fingerprint density at radius 3 is 2.68 bits per heavy atom. The van der Waals surface area contributed by atoms with Gasteiger partial charge in [0.15, 0.2) is 0 Å². The average Bonchev–Trinajstić information content (AvgIpc) is 3.31. The van der Waals surface area contributed by atoms with Crippen molar-refractivity contribution in [2.24, 2.45) is 11.7 Å². The van der Waals surface area contributed by atoms with Crippen LogP contribution in [0.1, 0.15) is 24.8 Å². The molecule has 2 aliphatic heterocycles. The van der Waals surface area contributed by atoms with Crippen LogP contribution in [0.15, 0.2) is 48.9 Å². The molecule has 3 aromatic heterocycles. The van der Waals surface area contributed by atoms with Crippen molar-refractivity contribution in [3.63, 3.8) is 0 Å². The number of nitrogens with one attached hydrogen (secondary N) is 1. The summed E-state index contributed by atoms with van der Waals surface area (Å²) in [7, 11) is 0. The minimum Gasteiger partial charge on any atom is -0.380 e. The number of imidazole rings is 1. The zero-order chi connectivity index (χ0) is 28.5. The Morgan fingerprint density at radius 1 is 1.17 bits per heavy atom. The van der Waals surface area contributed by atoms with Gasteiger partial charge in [-0.15, -0.1) is 0 Å². The number of benzene rings is 1. The maximum atomic E-state index is 15.1. The number of nitrogens with two attached hydrogens (primary N) is 1. The zero-order valence-corrected chi connectivity index (χ0v) is 22.5. The van der Waals surface area contributed by atoms with E-state index < -0.39 is 11.6 Å². The zero-order valence-electron chi connectivity index (χ0n) is 22.5. The fourth-order valence-corrected chi connectivity index (χ4v) is 5.51. The van der Waals surface area contributed by atoms with Gasteiger partial charge in [-0.25, -0.2) is 13.8 Å². The Labute approximate surface area is 235 Å². The topological polar surface area (TPSA) is 127 Å². The van der Waals surface area contributed by atoms with Crippen LogP contribution in [0.5, 0.6) is 0 Å². The van der Waals surface area contributed by atoms with Gasteiger partial charge in [0.05, 0.1) is 79.0 Å². The van der Waals surface area contributed by atoms with Crippen LogP contribution in [0.2, 0.25) is 0 Å². The van der Waals surface area contributed by atoms with Gasteiger partial charge >= 0.3 is 0 Å². The lowest BCUT2D eigenvalue weighted by molar-refractivity contribution is -0.00331. The fraction of sp³-hybridized carbons (Fsp3) is 0.379. The summed E-state index contributed by atoms with van der Waals surface area (Å²) in [6, 6.07) is 9.75. The van der Waals surface area contributed by atoms with Crippen molar-refractivity contribution in [1.82, 2.24) is 19.6 Å². The van der Waals surface area contributed by atoms with Gasteiger partial charge in [-0.2, -0.15) is 14.9 Å². The third-order valence-electron chi connectivity index (χ3n) is 7.65. The number of aromatic nitrogens is 4. The van der Waals surface area contributed by atoms with Gasteiger partial charge in [0.1, 0.15) is 11.6 Å². The van der Waals surface area contributed by atoms with Gasteiger partial charge < -0.3 is 25.4 Å². The second kappa shape index (κ2) is 11.4. The Bertz CT molecular complexity index is 1570. The standard InChI is InChI=1S/C29H30F2N8O2/c1-17-13-38(14-23(33)28(17)41-8-2-6-32)26-5-7-34-12-25(26)36-29-35-11-20-3-4-24(37-39(20)29)27-21(30)9-18(10-22(27)31)19-15-40-16-19/h3-5,7,9-12,17,19,23,28H,2,8,13-16,33H2,1H3,(H,35,36). The highest BCUT2D eigenvalue weighted by Crippen LogP contribution is 2.34. The number of anilines is 3. The molecule has 3 atom stereocenters. The first kappa shape index (κ1) is 27.0. The van der Waals surface area contributed by atoms with Gasteiger partial charge in [0.2, 0.25) is 5.95 Å². The van der Waals surface area contributed by atoms with Crippen molar-refractivity contribution < 1.29 is 18.3 Å². The molecule has 0 spiro atoms. The highest BCUT2D eigenvalue weighted by atomic mass is 19.1. The number of hydrogen-bond donors (Lipinski definition) is 2. The molecular formula is C29H30F2N8O2. The molecule has 1 aromatic carbocycles. The minimum absolute atomic E-state index is 0.000957. The van der Waals surface area contributed by atoms with Crippen molar-refractivity contribution in [2.75, 3.05) is 43.1 Å². The summed E-state index contributed by atoms with van der Waals surface area (Å²) in [4.78, 5) is 10.9. The molecule has 10 nitrogen and oxygen atoms in total. The second-order valence-corrected chi connectivity index (χ2v) is 10.5. The number of halogens is 2. The maximum Gasteiger partial charge on any atom is 0.229 e. The van der Waals surface area contributed by atoms with E-state index in [-0.39, 0.29) is 35.2 Å². The summed E-state index contributed by atoms with van der Waals surface area (Å²) in [5, 5.41) is 16.7. The normalized spacial score (nSPS) is 21.0. The lowest BCUT2D eigenvalue weighted by Crippen LogP contribution is -2.56. The van der Waals surface area contributed by atoms with E-state index in [1.165, 1.54) is 16.6 Å². The van der Waals surface area contributed by atoms with Crippen LogP contribution in [0.25, 0.3) is 16.8 Å². The second-order valence-electron chi connectivity index (χ2n) is 10.5. The van der Waals surface area contributed by atoms with Crippen molar-refractivity contribution in [3.05, 3.63) is 66.1 Å². The van der Waals surface area contributed by atoms with E-state index in [1.807, 2.05) is 6.07 Å². The molecule has 12 heteroatoms. The number of piperidine rings is 1. The molecule has 41 heavy (non-hydrogen) atoms. The Morgan fingerprint density at radius 2 is 1.98 bits per heavy atom. The van der Waals surface area contributed by atoms with E-state index >= 15 is 8.78 Å². The first-order chi connectivity index (χ1) is 19.9. The Balaban J connectivity index is 1.26. The molecule has 212 valence electrons. The van der Waals surface area contributed by atoms with Gasteiger partial charge in [-0.1, -0.05) is 6.92 Å². The van der Waals surface area contributed by atoms with E-state index in [0.717, 1.165) is 5.69 Å². The van der Waals surface area contributed by atoms with Gasteiger partial charge in [-0.3, -0.25) is 4.98 Å². The van der Waals surface area contributed by atoms with Gasteiger partial charge in [0.25, 0.3) is 0 Å². The molecule has 0 bridgehead atoms. The van der Waals surface area contributed by atoms with E-state index in [2.05, 4.69) is 38.3 Å². The molecule has 5 heterocycles. The van der Waals surface area contributed by atoms with Crippen molar-refractivity contribution in [2.45, 2.75) is 31.4 Å². The van der Waals surface area contributed by atoms with E-state index in [1.54, 1.807) is 30.7 Å². The fourth-order valence-electron chi connectivity index (χ4n) is 5.51. The highest BCUT2D eigenvalue weighted by Gasteiger charge is 2.34. The van der Waals surface area contributed by atoms with Crippen LogP contribution < -0.4 is 16.0 Å². The molecule has 2 aliphatic rings. The SMILES string of the molecule is CC1CN(c2ccncc2Nc2ncc3ccc(-c4c(F)cc(C5COC5)cc4F)nn23)CC(N)C1OCCC#N. The maximum absolute atomic E-state index is 15.1.